The minimum Gasteiger partial charge on any atom is -0.383 e. The lowest BCUT2D eigenvalue weighted by molar-refractivity contribution is 0.163. The monoisotopic (exact) mass is 434 g/mol. The van der Waals surface area contributed by atoms with E-state index in [1.807, 2.05) is 6.07 Å². The number of guanidine groups is 1. The van der Waals surface area contributed by atoms with Crippen LogP contribution in [0.4, 0.5) is 0 Å². The van der Waals surface area contributed by atoms with Gasteiger partial charge in [-0.25, -0.2) is 0 Å². The quantitative estimate of drug-likeness (QED) is 0.368. The molecule has 0 heterocycles. The summed E-state index contributed by atoms with van der Waals surface area (Å²) >= 11 is 0. The molecular weight excluding hydrogens is 403 g/mol. The molecule has 0 unspecified atom stereocenters. The van der Waals surface area contributed by atoms with Crippen LogP contribution in [-0.2, 0) is 11.3 Å². The Kier molecular flexibility index (Phi) is 13.1. The molecule has 23 heavy (non-hydrogen) atoms. The zero-order valence-corrected chi connectivity index (χ0v) is 17.1. The van der Waals surface area contributed by atoms with Gasteiger partial charge < -0.3 is 19.9 Å². The fourth-order valence-electron chi connectivity index (χ4n) is 2.09. The Balaban J connectivity index is 0.00000484. The third-order valence-electron chi connectivity index (χ3n) is 3.38. The molecule has 132 valence electrons. The van der Waals surface area contributed by atoms with Crippen molar-refractivity contribution in [1.29, 1.82) is 0 Å². The third kappa shape index (κ3) is 9.78. The number of rotatable bonds is 9. The number of nitrogens with zero attached hydrogens (tertiary/aromatic N) is 3. The lowest BCUT2D eigenvalue weighted by atomic mass is 10.2. The molecule has 0 fully saturated rings. The van der Waals surface area contributed by atoms with Gasteiger partial charge in [-0.2, -0.15) is 0 Å². The van der Waals surface area contributed by atoms with Crippen LogP contribution in [0.5, 0.6) is 0 Å². The summed E-state index contributed by atoms with van der Waals surface area (Å²) in [5.74, 6) is 0.950. The normalized spacial score (nSPS) is 11.3. The zero-order valence-electron chi connectivity index (χ0n) is 14.8. The maximum Gasteiger partial charge on any atom is 0.194 e. The van der Waals surface area contributed by atoms with Gasteiger partial charge in [-0.3, -0.25) is 4.99 Å². The van der Waals surface area contributed by atoms with Gasteiger partial charge >= 0.3 is 0 Å². The SMILES string of the molecule is CCNC(=NCCN(C)CCOC)N(C)Cc1ccccc1.I. The van der Waals surface area contributed by atoms with E-state index in [-0.39, 0.29) is 24.0 Å². The number of benzene rings is 1. The fourth-order valence-corrected chi connectivity index (χ4v) is 2.09. The summed E-state index contributed by atoms with van der Waals surface area (Å²) in [6.45, 7) is 7.22. The summed E-state index contributed by atoms with van der Waals surface area (Å²) in [5.41, 5.74) is 1.29. The highest BCUT2D eigenvalue weighted by Crippen LogP contribution is 2.02. The molecule has 1 aromatic rings. The van der Waals surface area contributed by atoms with Crippen molar-refractivity contribution in [2.45, 2.75) is 13.5 Å². The van der Waals surface area contributed by atoms with E-state index in [4.69, 9.17) is 9.73 Å². The molecule has 5 nitrogen and oxygen atoms in total. The first-order valence-electron chi connectivity index (χ1n) is 7.88. The minimum absolute atomic E-state index is 0. The topological polar surface area (TPSA) is 40.1 Å². The van der Waals surface area contributed by atoms with Gasteiger partial charge in [0.05, 0.1) is 13.2 Å². The molecule has 1 rings (SSSR count). The van der Waals surface area contributed by atoms with Crippen molar-refractivity contribution in [2.75, 3.05) is 54.0 Å². The number of halogens is 1. The zero-order chi connectivity index (χ0) is 16.2. The Morgan fingerprint density at radius 3 is 2.48 bits per heavy atom. The Morgan fingerprint density at radius 2 is 1.87 bits per heavy atom. The molecule has 0 spiro atoms. The summed E-state index contributed by atoms with van der Waals surface area (Å²) in [5, 5.41) is 3.35. The van der Waals surface area contributed by atoms with E-state index < -0.39 is 0 Å². The van der Waals surface area contributed by atoms with Crippen molar-refractivity contribution < 1.29 is 4.74 Å². The van der Waals surface area contributed by atoms with Gasteiger partial charge in [0.15, 0.2) is 5.96 Å². The van der Waals surface area contributed by atoms with Crippen molar-refractivity contribution >= 4 is 29.9 Å². The highest BCUT2D eigenvalue weighted by Gasteiger charge is 2.06. The first-order valence-corrected chi connectivity index (χ1v) is 7.88. The van der Waals surface area contributed by atoms with Crippen LogP contribution in [0.1, 0.15) is 12.5 Å². The van der Waals surface area contributed by atoms with E-state index >= 15 is 0 Å². The highest BCUT2D eigenvalue weighted by molar-refractivity contribution is 14.0. The molecule has 0 aromatic heterocycles. The molecule has 0 atom stereocenters. The maximum absolute atomic E-state index is 5.09. The third-order valence-corrected chi connectivity index (χ3v) is 3.38. The van der Waals surface area contributed by atoms with Crippen LogP contribution < -0.4 is 5.32 Å². The molecule has 0 aliphatic heterocycles. The van der Waals surface area contributed by atoms with Gasteiger partial charge in [0.1, 0.15) is 0 Å². The van der Waals surface area contributed by atoms with E-state index in [0.29, 0.717) is 0 Å². The van der Waals surface area contributed by atoms with Crippen molar-refractivity contribution in [3.8, 4) is 0 Å². The van der Waals surface area contributed by atoms with Crippen LogP contribution in [-0.4, -0.2) is 69.8 Å². The Hall–Kier alpha value is -0.860. The van der Waals surface area contributed by atoms with E-state index in [1.165, 1.54) is 5.56 Å². The van der Waals surface area contributed by atoms with Crippen LogP contribution >= 0.6 is 24.0 Å². The molecule has 6 heteroatoms. The second-order valence-electron chi connectivity index (χ2n) is 5.37. The van der Waals surface area contributed by atoms with Crippen LogP contribution in [0.3, 0.4) is 0 Å². The summed E-state index contributed by atoms with van der Waals surface area (Å²) in [7, 11) is 5.89. The number of nitrogens with one attached hydrogen (secondary N) is 1. The summed E-state index contributed by atoms with van der Waals surface area (Å²) in [6, 6.07) is 10.5. The standard InChI is InChI=1S/C17H30N4O.HI/c1-5-18-17(19-11-12-20(2)13-14-22-4)21(3)15-16-9-7-6-8-10-16;/h6-10H,5,11-15H2,1-4H3,(H,18,19);1H. The minimum atomic E-state index is 0. The highest BCUT2D eigenvalue weighted by atomic mass is 127. The lowest BCUT2D eigenvalue weighted by Gasteiger charge is -2.22. The van der Waals surface area contributed by atoms with Crippen molar-refractivity contribution in [3.05, 3.63) is 35.9 Å². The second kappa shape index (κ2) is 13.6. The lowest BCUT2D eigenvalue weighted by Crippen LogP contribution is -2.39. The maximum atomic E-state index is 5.09. The van der Waals surface area contributed by atoms with Crippen molar-refractivity contribution in [2.24, 2.45) is 4.99 Å². The summed E-state index contributed by atoms with van der Waals surface area (Å²) < 4.78 is 5.09. The van der Waals surface area contributed by atoms with E-state index in [0.717, 1.165) is 45.3 Å². The molecule has 0 aliphatic rings. The van der Waals surface area contributed by atoms with Gasteiger partial charge in [-0.1, -0.05) is 30.3 Å². The number of aliphatic imine (C=N–C) groups is 1. The van der Waals surface area contributed by atoms with Crippen molar-refractivity contribution in [1.82, 2.24) is 15.1 Å². The summed E-state index contributed by atoms with van der Waals surface area (Å²) in [4.78, 5) is 9.10. The fraction of sp³-hybridized carbons (Fsp3) is 0.588. The van der Waals surface area contributed by atoms with Gasteiger partial charge in [0.2, 0.25) is 0 Å². The number of likely N-dealkylation sites (N-methyl/N-ethyl adjacent to an activating group) is 1. The molecule has 0 amide bonds. The first-order chi connectivity index (χ1) is 10.7. The molecule has 0 bridgehead atoms. The molecule has 1 aromatic carbocycles. The van der Waals surface area contributed by atoms with Gasteiger partial charge in [-0.15, -0.1) is 24.0 Å². The summed E-state index contributed by atoms with van der Waals surface area (Å²) in [6.07, 6.45) is 0. The van der Waals surface area contributed by atoms with E-state index in [9.17, 15) is 0 Å². The Bertz CT molecular complexity index is 428. The van der Waals surface area contributed by atoms with Crippen LogP contribution in [0.25, 0.3) is 0 Å². The average molecular weight is 434 g/mol. The molecule has 0 radical (unpaired) electrons. The largest absolute Gasteiger partial charge is 0.383 e. The van der Waals surface area contributed by atoms with E-state index in [1.54, 1.807) is 7.11 Å². The van der Waals surface area contributed by atoms with Gasteiger partial charge in [0.25, 0.3) is 0 Å². The predicted molar refractivity (Wildman–Crippen MR) is 109 cm³/mol. The average Bonchev–Trinajstić information content (AvgIpc) is 2.53. The second-order valence-corrected chi connectivity index (χ2v) is 5.37. The van der Waals surface area contributed by atoms with Crippen molar-refractivity contribution in [3.63, 3.8) is 0 Å². The predicted octanol–water partition coefficient (Wildman–Crippen LogP) is 2.28. The number of hydrogen-bond acceptors (Lipinski definition) is 3. The Morgan fingerprint density at radius 1 is 1.17 bits per heavy atom. The number of ether oxygens (including phenoxy) is 1. The van der Waals surface area contributed by atoms with Crippen LogP contribution in [0, 0.1) is 0 Å². The first kappa shape index (κ1) is 22.1. The van der Waals surface area contributed by atoms with Crippen LogP contribution in [0.15, 0.2) is 35.3 Å². The smallest absolute Gasteiger partial charge is 0.194 e. The van der Waals surface area contributed by atoms with E-state index in [2.05, 4.69) is 60.4 Å². The molecule has 0 saturated heterocycles. The number of hydrogen-bond donors (Lipinski definition) is 1. The molecular formula is C17H31IN4O. The Labute approximate surface area is 158 Å². The molecule has 1 N–H and O–H groups in total. The van der Waals surface area contributed by atoms with Gasteiger partial charge in [-0.05, 0) is 19.5 Å². The van der Waals surface area contributed by atoms with Crippen LogP contribution in [0.2, 0.25) is 0 Å². The number of methoxy groups -OCH3 is 1. The molecule has 0 aliphatic carbocycles. The van der Waals surface area contributed by atoms with Gasteiger partial charge in [0, 0.05) is 40.3 Å². The molecule has 0 saturated carbocycles.